The Kier molecular flexibility index (Phi) is 5.22. The van der Waals surface area contributed by atoms with Crippen molar-refractivity contribution in [2.24, 2.45) is 0 Å². The number of imide groups is 1. The van der Waals surface area contributed by atoms with Gasteiger partial charge in [-0.3, -0.25) is 19.9 Å². The van der Waals surface area contributed by atoms with Gasteiger partial charge in [-0.05, 0) is 38.8 Å². The number of carbonyl (C=O) groups excluding carboxylic acids is 3. The zero-order chi connectivity index (χ0) is 18.7. The van der Waals surface area contributed by atoms with Crippen LogP contribution in [0.3, 0.4) is 0 Å². The van der Waals surface area contributed by atoms with E-state index in [1.54, 1.807) is 24.9 Å². The zero-order valence-corrected chi connectivity index (χ0v) is 15.1. The largest absolute Gasteiger partial charge is 0.376 e. The summed E-state index contributed by atoms with van der Waals surface area (Å²) in [5.41, 5.74) is -0.284. The molecule has 4 amide bonds. The van der Waals surface area contributed by atoms with Gasteiger partial charge in [0.2, 0.25) is 5.91 Å². The van der Waals surface area contributed by atoms with Gasteiger partial charge >= 0.3 is 6.03 Å². The van der Waals surface area contributed by atoms with E-state index in [4.69, 9.17) is 4.74 Å². The van der Waals surface area contributed by atoms with Crippen molar-refractivity contribution in [3.63, 3.8) is 0 Å². The molecule has 0 aliphatic carbocycles. The van der Waals surface area contributed by atoms with Crippen molar-refractivity contribution in [3.05, 3.63) is 30.1 Å². The number of amides is 4. The fourth-order valence-corrected chi connectivity index (χ4v) is 3.17. The lowest BCUT2D eigenvalue weighted by Crippen LogP contribution is -2.50. The molecule has 2 saturated heterocycles. The molecule has 3 heterocycles. The second kappa shape index (κ2) is 7.41. The normalized spacial score (nSPS) is 21.8. The van der Waals surface area contributed by atoms with Gasteiger partial charge in [-0.25, -0.2) is 4.79 Å². The Bertz CT molecular complexity index is 686. The molecule has 3 rings (SSSR count). The SMILES string of the molecule is CC1(C)C(=O)NC(=O)N1CC(=O)N(Cc1ccccn1)CC1CCCO1. The van der Waals surface area contributed by atoms with Gasteiger partial charge in [0.1, 0.15) is 12.1 Å². The van der Waals surface area contributed by atoms with Crippen molar-refractivity contribution in [2.75, 3.05) is 19.7 Å². The van der Waals surface area contributed by atoms with E-state index in [1.807, 2.05) is 18.2 Å². The molecule has 26 heavy (non-hydrogen) atoms. The van der Waals surface area contributed by atoms with Crippen LogP contribution in [0.5, 0.6) is 0 Å². The molecule has 1 aromatic rings. The number of aromatic nitrogens is 1. The Hall–Kier alpha value is -2.48. The summed E-state index contributed by atoms with van der Waals surface area (Å²) in [4.78, 5) is 44.1. The number of pyridine rings is 1. The molecule has 140 valence electrons. The van der Waals surface area contributed by atoms with Gasteiger partial charge in [-0.15, -0.1) is 0 Å². The zero-order valence-electron chi connectivity index (χ0n) is 15.1. The lowest BCUT2D eigenvalue weighted by atomic mass is 10.0. The molecule has 2 aliphatic rings. The number of hydrogen-bond donors (Lipinski definition) is 1. The van der Waals surface area contributed by atoms with Crippen LogP contribution in [0, 0.1) is 0 Å². The molecule has 1 unspecified atom stereocenters. The molecule has 1 aromatic heterocycles. The summed E-state index contributed by atoms with van der Waals surface area (Å²) in [5, 5.41) is 2.26. The van der Waals surface area contributed by atoms with Crippen molar-refractivity contribution < 1.29 is 19.1 Å². The van der Waals surface area contributed by atoms with Crippen molar-refractivity contribution in [2.45, 2.75) is 44.9 Å². The van der Waals surface area contributed by atoms with Gasteiger partial charge < -0.3 is 14.5 Å². The van der Waals surface area contributed by atoms with Crippen LogP contribution in [-0.4, -0.2) is 64.0 Å². The molecule has 0 spiro atoms. The van der Waals surface area contributed by atoms with E-state index < -0.39 is 17.5 Å². The lowest BCUT2D eigenvalue weighted by Gasteiger charge is -2.31. The Balaban J connectivity index is 1.73. The number of ether oxygens (including phenoxy) is 1. The number of hydrogen-bond acceptors (Lipinski definition) is 5. The topological polar surface area (TPSA) is 91.8 Å². The highest BCUT2D eigenvalue weighted by atomic mass is 16.5. The van der Waals surface area contributed by atoms with Crippen LogP contribution in [0.2, 0.25) is 0 Å². The van der Waals surface area contributed by atoms with E-state index in [-0.39, 0.29) is 18.6 Å². The van der Waals surface area contributed by atoms with Gasteiger partial charge in [-0.2, -0.15) is 0 Å². The number of nitrogens with one attached hydrogen (secondary N) is 1. The van der Waals surface area contributed by atoms with Crippen LogP contribution in [-0.2, 0) is 20.9 Å². The quantitative estimate of drug-likeness (QED) is 0.762. The Labute approximate surface area is 152 Å². The fourth-order valence-electron chi connectivity index (χ4n) is 3.17. The average molecular weight is 360 g/mol. The summed E-state index contributed by atoms with van der Waals surface area (Å²) in [6.45, 7) is 4.58. The van der Waals surface area contributed by atoms with Crippen molar-refractivity contribution >= 4 is 17.8 Å². The minimum absolute atomic E-state index is 0.00953. The molecule has 2 fully saturated rings. The number of rotatable bonds is 6. The van der Waals surface area contributed by atoms with Gasteiger partial charge in [0.15, 0.2) is 0 Å². The Morgan fingerprint density at radius 2 is 2.23 bits per heavy atom. The molecule has 1 atom stereocenters. The predicted molar refractivity (Wildman–Crippen MR) is 93.0 cm³/mol. The second-order valence-corrected chi connectivity index (χ2v) is 7.13. The molecular weight excluding hydrogens is 336 g/mol. The summed E-state index contributed by atoms with van der Waals surface area (Å²) in [6.07, 6.45) is 3.55. The third-order valence-electron chi connectivity index (χ3n) is 4.87. The highest BCUT2D eigenvalue weighted by Crippen LogP contribution is 2.21. The average Bonchev–Trinajstić information content (AvgIpc) is 3.18. The van der Waals surface area contributed by atoms with Crippen molar-refractivity contribution in [1.82, 2.24) is 20.1 Å². The maximum Gasteiger partial charge on any atom is 0.325 e. The number of nitrogens with zero attached hydrogens (tertiary/aromatic N) is 3. The molecule has 0 bridgehead atoms. The summed E-state index contributed by atoms with van der Waals surface area (Å²) in [5.74, 6) is -0.630. The second-order valence-electron chi connectivity index (χ2n) is 7.13. The lowest BCUT2D eigenvalue weighted by molar-refractivity contribution is -0.135. The van der Waals surface area contributed by atoms with Gasteiger partial charge in [-0.1, -0.05) is 6.07 Å². The van der Waals surface area contributed by atoms with Crippen LogP contribution in [0.15, 0.2) is 24.4 Å². The molecule has 0 radical (unpaired) electrons. The molecule has 2 aliphatic heterocycles. The van der Waals surface area contributed by atoms with E-state index >= 15 is 0 Å². The monoisotopic (exact) mass is 360 g/mol. The first kappa shape index (κ1) is 18.3. The Morgan fingerprint density at radius 3 is 2.81 bits per heavy atom. The van der Waals surface area contributed by atoms with Crippen molar-refractivity contribution in [1.29, 1.82) is 0 Å². The fraction of sp³-hybridized carbons (Fsp3) is 0.556. The van der Waals surface area contributed by atoms with E-state index in [0.717, 1.165) is 18.5 Å². The molecule has 8 nitrogen and oxygen atoms in total. The minimum Gasteiger partial charge on any atom is -0.376 e. The third-order valence-corrected chi connectivity index (χ3v) is 4.87. The molecule has 0 saturated carbocycles. The highest BCUT2D eigenvalue weighted by Gasteiger charge is 2.46. The predicted octanol–water partition coefficient (Wildman–Crippen LogP) is 0.920. The maximum absolute atomic E-state index is 12.9. The van der Waals surface area contributed by atoms with Crippen LogP contribution in [0.4, 0.5) is 4.79 Å². The summed E-state index contributed by atoms with van der Waals surface area (Å²) >= 11 is 0. The van der Waals surface area contributed by atoms with Gasteiger partial charge in [0.05, 0.1) is 18.3 Å². The van der Waals surface area contributed by atoms with E-state index in [0.29, 0.717) is 19.7 Å². The molecule has 1 N–H and O–H groups in total. The summed E-state index contributed by atoms with van der Waals surface area (Å²) in [7, 11) is 0. The summed E-state index contributed by atoms with van der Waals surface area (Å²) < 4.78 is 5.66. The standard InChI is InChI=1S/C18H24N4O4/c1-18(2)16(24)20-17(25)22(18)12-15(23)21(11-14-7-5-9-26-14)10-13-6-3-4-8-19-13/h3-4,6,8,14H,5,7,9-12H2,1-2H3,(H,20,24,25). The van der Waals surface area contributed by atoms with E-state index in [1.165, 1.54) is 4.90 Å². The first-order valence-corrected chi connectivity index (χ1v) is 8.80. The first-order chi connectivity index (χ1) is 12.4. The molecular formula is C18H24N4O4. The van der Waals surface area contributed by atoms with E-state index in [9.17, 15) is 14.4 Å². The summed E-state index contributed by atoms with van der Waals surface area (Å²) in [6, 6.07) is 5.00. The van der Waals surface area contributed by atoms with Crippen LogP contribution < -0.4 is 5.32 Å². The third kappa shape index (κ3) is 3.85. The van der Waals surface area contributed by atoms with Crippen molar-refractivity contribution in [3.8, 4) is 0 Å². The highest BCUT2D eigenvalue weighted by molar-refractivity contribution is 6.07. The van der Waals surface area contributed by atoms with Crippen LogP contribution >= 0.6 is 0 Å². The molecule has 0 aromatic carbocycles. The van der Waals surface area contributed by atoms with Gasteiger partial charge in [0, 0.05) is 19.3 Å². The maximum atomic E-state index is 12.9. The number of carbonyl (C=O) groups is 3. The minimum atomic E-state index is -1.05. The number of urea groups is 1. The van der Waals surface area contributed by atoms with Crippen LogP contribution in [0.25, 0.3) is 0 Å². The van der Waals surface area contributed by atoms with Crippen LogP contribution in [0.1, 0.15) is 32.4 Å². The van der Waals surface area contributed by atoms with Gasteiger partial charge in [0.25, 0.3) is 5.91 Å². The Morgan fingerprint density at radius 1 is 1.42 bits per heavy atom. The first-order valence-electron chi connectivity index (χ1n) is 8.80. The van der Waals surface area contributed by atoms with E-state index in [2.05, 4.69) is 10.3 Å². The smallest absolute Gasteiger partial charge is 0.325 e. The molecule has 8 heteroatoms.